The molecule has 0 atom stereocenters. The first-order valence-corrected chi connectivity index (χ1v) is 9.64. The van der Waals surface area contributed by atoms with Crippen molar-refractivity contribution in [3.05, 3.63) is 59.7 Å². The molecule has 2 N–H and O–H groups in total. The van der Waals surface area contributed by atoms with Gasteiger partial charge in [-0.05, 0) is 44.8 Å². The number of guanidine groups is 1. The fourth-order valence-corrected chi connectivity index (χ4v) is 2.62. The molecule has 0 heterocycles. The second-order valence-corrected chi connectivity index (χ2v) is 6.62. The zero-order chi connectivity index (χ0) is 20.2. The summed E-state index contributed by atoms with van der Waals surface area (Å²) in [5.74, 6) is 2.52. The summed E-state index contributed by atoms with van der Waals surface area (Å²) in [4.78, 5) is 6.40. The van der Waals surface area contributed by atoms with Gasteiger partial charge in [-0.2, -0.15) is 0 Å². The van der Waals surface area contributed by atoms with Crippen LogP contribution in [0.3, 0.4) is 0 Å². The monoisotopic (exact) mass is 512 g/mol. The van der Waals surface area contributed by atoms with Crippen LogP contribution in [0.4, 0.5) is 0 Å². The Morgan fingerprint density at radius 2 is 1.76 bits per heavy atom. The van der Waals surface area contributed by atoms with Crippen molar-refractivity contribution in [3.63, 3.8) is 0 Å². The lowest BCUT2D eigenvalue weighted by Gasteiger charge is -2.15. The van der Waals surface area contributed by atoms with E-state index in [4.69, 9.17) is 9.47 Å². The molecule has 6 nitrogen and oxygen atoms in total. The summed E-state index contributed by atoms with van der Waals surface area (Å²) in [6.45, 7) is 5.51. The van der Waals surface area contributed by atoms with Crippen LogP contribution in [0.15, 0.2) is 53.5 Å². The Balaban J connectivity index is 0.00000420. The molecule has 0 amide bonds. The van der Waals surface area contributed by atoms with Crippen molar-refractivity contribution in [3.8, 4) is 11.5 Å². The predicted octanol–water partition coefficient (Wildman–Crippen LogP) is 3.51. The smallest absolute Gasteiger partial charge is 0.191 e. The number of rotatable bonds is 10. The number of para-hydroxylation sites is 1. The van der Waals surface area contributed by atoms with Gasteiger partial charge < -0.3 is 25.0 Å². The first kappa shape index (κ1) is 25.0. The Morgan fingerprint density at radius 3 is 2.48 bits per heavy atom. The number of nitrogens with zero attached hydrogens (tertiary/aromatic N) is 2. The third-order valence-corrected chi connectivity index (χ3v) is 4.11. The van der Waals surface area contributed by atoms with Gasteiger partial charge in [0.25, 0.3) is 0 Å². The summed E-state index contributed by atoms with van der Waals surface area (Å²) < 4.78 is 11.5. The van der Waals surface area contributed by atoms with Crippen LogP contribution >= 0.6 is 24.0 Å². The zero-order valence-corrected chi connectivity index (χ0v) is 20.1. The number of aliphatic imine (C=N–C) groups is 1. The maximum atomic E-state index is 5.80. The molecule has 2 aromatic rings. The summed E-state index contributed by atoms with van der Waals surface area (Å²) in [6, 6.07) is 16.2. The van der Waals surface area contributed by atoms with E-state index in [1.807, 2.05) is 51.4 Å². The highest BCUT2D eigenvalue weighted by atomic mass is 127. The van der Waals surface area contributed by atoms with E-state index in [0.717, 1.165) is 35.1 Å². The van der Waals surface area contributed by atoms with Gasteiger partial charge >= 0.3 is 0 Å². The topological polar surface area (TPSA) is 58.1 Å². The van der Waals surface area contributed by atoms with Gasteiger partial charge in [-0.15, -0.1) is 24.0 Å². The maximum Gasteiger partial charge on any atom is 0.191 e. The summed E-state index contributed by atoms with van der Waals surface area (Å²) in [7, 11) is 5.84. The van der Waals surface area contributed by atoms with Gasteiger partial charge in [-0.25, -0.2) is 0 Å². The molecule has 0 bridgehead atoms. The SMILES string of the molecule is CCOc1ccccc1CNC(=NC)NCc1cccc(OCCN(C)C)c1.I. The van der Waals surface area contributed by atoms with E-state index in [9.17, 15) is 0 Å². The van der Waals surface area contributed by atoms with E-state index in [1.165, 1.54) is 0 Å². The van der Waals surface area contributed by atoms with Gasteiger partial charge in [0.2, 0.25) is 0 Å². The lowest BCUT2D eigenvalue weighted by Crippen LogP contribution is -2.36. The average molecular weight is 512 g/mol. The van der Waals surface area contributed by atoms with Crippen molar-refractivity contribution in [2.75, 3.05) is 40.9 Å². The first-order chi connectivity index (χ1) is 13.6. The summed E-state index contributed by atoms with van der Waals surface area (Å²) in [6.07, 6.45) is 0. The largest absolute Gasteiger partial charge is 0.494 e. The molecule has 2 rings (SSSR count). The van der Waals surface area contributed by atoms with E-state index in [2.05, 4.69) is 38.7 Å². The molecular weight excluding hydrogens is 479 g/mol. The summed E-state index contributed by atoms with van der Waals surface area (Å²) in [5.41, 5.74) is 2.24. The van der Waals surface area contributed by atoms with Gasteiger partial charge in [0.05, 0.1) is 6.61 Å². The van der Waals surface area contributed by atoms with Gasteiger partial charge in [-0.1, -0.05) is 30.3 Å². The molecule has 0 radical (unpaired) electrons. The number of hydrogen-bond acceptors (Lipinski definition) is 4. The first-order valence-electron chi connectivity index (χ1n) is 9.64. The number of halogens is 1. The molecule has 0 aromatic heterocycles. The highest BCUT2D eigenvalue weighted by Gasteiger charge is 2.05. The normalized spacial score (nSPS) is 11.0. The lowest BCUT2D eigenvalue weighted by atomic mass is 10.2. The lowest BCUT2D eigenvalue weighted by molar-refractivity contribution is 0.261. The van der Waals surface area contributed by atoms with Gasteiger partial charge in [0.15, 0.2) is 5.96 Å². The molecule has 160 valence electrons. The molecular formula is C22H33IN4O2. The fourth-order valence-electron chi connectivity index (χ4n) is 2.62. The Hall–Kier alpha value is -2.00. The minimum absolute atomic E-state index is 0. The van der Waals surface area contributed by atoms with Crippen LogP contribution < -0.4 is 20.1 Å². The molecule has 7 heteroatoms. The standard InChI is InChI=1S/C22H32N4O2.HI/c1-5-27-21-12-7-6-10-19(21)17-25-22(23-2)24-16-18-9-8-11-20(15-18)28-14-13-26(3)4;/h6-12,15H,5,13-14,16-17H2,1-4H3,(H2,23,24,25);1H. The predicted molar refractivity (Wildman–Crippen MR) is 131 cm³/mol. The van der Waals surface area contributed by atoms with Crippen molar-refractivity contribution in [1.29, 1.82) is 0 Å². The highest BCUT2D eigenvalue weighted by Crippen LogP contribution is 2.17. The quantitative estimate of drug-likeness (QED) is 0.290. The van der Waals surface area contributed by atoms with Crippen molar-refractivity contribution in [2.45, 2.75) is 20.0 Å². The minimum Gasteiger partial charge on any atom is -0.494 e. The van der Waals surface area contributed by atoms with Crippen LogP contribution in [0.2, 0.25) is 0 Å². The van der Waals surface area contributed by atoms with Crippen LogP contribution in [0.5, 0.6) is 11.5 Å². The summed E-state index contributed by atoms with van der Waals surface area (Å²) in [5, 5.41) is 6.68. The average Bonchev–Trinajstić information content (AvgIpc) is 2.69. The number of hydrogen-bond donors (Lipinski definition) is 2. The molecule has 0 saturated heterocycles. The minimum atomic E-state index is 0. The molecule has 29 heavy (non-hydrogen) atoms. The van der Waals surface area contributed by atoms with Crippen LogP contribution in [0.1, 0.15) is 18.1 Å². The molecule has 0 aliphatic carbocycles. The van der Waals surface area contributed by atoms with Crippen LogP contribution in [-0.2, 0) is 13.1 Å². The van der Waals surface area contributed by atoms with Crippen LogP contribution in [-0.4, -0.2) is 51.8 Å². The Labute approximate surface area is 191 Å². The number of nitrogens with one attached hydrogen (secondary N) is 2. The van der Waals surface area contributed by atoms with E-state index in [0.29, 0.717) is 26.3 Å². The van der Waals surface area contributed by atoms with Crippen molar-refractivity contribution < 1.29 is 9.47 Å². The molecule has 0 spiro atoms. The van der Waals surface area contributed by atoms with Gasteiger partial charge in [0.1, 0.15) is 18.1 Å². The maximum absolute atomic E-state index is 5.80. The molecule has 0 aliphatic rings. The number of likely N-dealkylation sites (N-methyl/N-ethyl adjacent to an activating group) is 1. The van der Waals surface area contributed by atoms with Gasteiger partial charge in [-0.3, -0.25) is 4.99 Å². The fraction of sp³-hybridized carbons (Fsp3) is 0.409. The molecule has 0 unspecified atom stereocenters. The third kappa shape index (κ3) is 9.36. The van der Waals surface area contributed by atoms with Crippen molar-refractivity contribution in [1.82, 2.24) is 15.5 Å². The number of ether oxygens (including phenoxy) is 2. The van der Waals surface area contributed by atoms with E-state index in [1.54, 1.807) is 7.05 Å². The van der Waals surface area contributed by atoms with Crippen LogP contribution in [0.25, 0.3) is 0 Å². The van der Waals surface area contributed by atoms with E-state index < -0.39 is 0 Å². The number of benzene rings is 2. The highest BCUT2D eigenvalue weighted by molar-refractivity contribution is 14.0. The second-order valence-electron chi connectivity index (χ2n) is 6.62. The Morgan fingerprint density at radius 1 is 1.00 bits per heavy atom. The van der Waals surface area contributed by atoms with E-state index in [-0.39, 0.29) is 24.0 Å². The third-order valence-electron chi connectivity index (χ3n) is 4.11. The molecule has 0 fully saturated rings. The van der Waals surface area contributed by atoms with E-state index >= 15 is 0 Å². The second kappa shape index (κ2) is 14.1. The Kier molecular flexibility index (Phi) is 12.1. The van der Waals surface area contributed by atoms with Crippen LogP contribution in [0, 0.1) is 0 Å². The van der Waals surface area contributed by atoms with Gasteiger partial charge in [0, 0.05) is 32.2 Å². The van der Waals surface area contributed by atoms with Crippen molar-refractivity contribution >= 4 is 29.9 Å². The molecule has 0 saturated carbocycles. The van der Waals surface area contributed by atoms with Crippen molar-refractivity contribution in [2.24, 2.45) is 4.99 Å². The zero-order valence-electron chi connectivity index (χ0n) is 17.8. The molecule has 0 aliphatic heterocycles. The summed E-state index contributed by atoms with van der Waals surface area (Å²) >= 11 is 0. The Bertz CT molecular complexity index is 753. The molecule has 2 aromatic carbocycles.